The molecule has 0 spiro atoms. The van der Waals surface area contributed by atoms with Gasteiger partial charge >= 0.3 is 5.97 Å². The van der Waals surface area contributed by atoms with Crippen LogP contribution in [0.3, 0.4) is 0 Å². The summed E-state index contributed by atoms with van der Waals surface area (Å²) in [4.78, 5) is 29.2. The van der Waals surface area contributed by atoms with E-state index in [-0.39, 0.29) is 0 Å². The third-order valence-corrected chi connectivity index (χ3v) is 5.26. The van der Waals surface area contributed by atoms with Crippen LogP contribution in [-0.4, -0.2) is 23.0 Å². The number of aryl methyl sites for hydroxylation is 1. The number of hydrogen-bond acceptors (Lipinski definition) is 6. The smallest absolute Gasteiger partial charge is 0.349 e. The van der Waals surface area contributed by atoms with E-state index in [1.165, 1.54) is 22.7 Å². The Hall–Kier alpha value is -2.51. The Morgan fingerprint density at radius 3 is 2.60 bits per heavy atom. The van der Waals surface area contributed by atoms with Crippen LogP contribution in [0.4, 0.5) is 5.13 Å². The number of aromatic nitrogens is 1. The summed E-state index contributed by atoms with van der Waals surface area (Å²) < 4.78 is 5.24. The highest BCUT2D eigenvalue weighted by atomic mass is 32.1. The number of nitrogens with zero attached hydrogens (tertiary/aromatic N) is 1. The first-order valence-electron chi connectivity index (χ1n) is 7.61. The second kappa shape index (κ2) is 7.58. The van der Waals surface area contributed by atoms with Gasteiger partial charge in [-0.05, 0) is 30.9 Å². The van der Waals surface area contributed by atoms with Crippen LogP contribution in [0.2, 0.25) is 0 Å². The van der Waals surface area contributed by atoms with Crippen molar-refractivity contribution in [1.29, 1.82) is 0 Å². The van der Waals surface area contributed by atoms with Crippen LogP contribution in [0.25, 0.3) is 11.3 Å². The summed E-state index contributed by atoms with van der Waals surface area (Å²) >= 11 is 2.63. The lowest BCUT2D eigenvalue weighted by Crippen LogP contribution is -2.29. The number of nitrogens with one attached hydrogen (secondary N) is 1. The van der Waals surface area contributed by atoms with Gasteiger partial charge in [0, 0.05) is 10.9 Å². The summed E-state index contributed by atoms with van der Waals surface area (Å²) in [6.07, 6.45) is -0.905. The van der Waals surface area contributed by atoms with E-state index in [9.17, 15) is 9.59 Å². The fourth-order valence-corrected chi connectivity index (χ4v) is 3.66. The van der Waals surface area contributed by atoms with Gasteiger partial charge in [0.2, 0.25) is 0 Å². The lowest BCUT2D eigenvalue weighted by molar-refractivity contribution is -0.123. The van der Waals surface area contributed by atoms with Gasteiger partial charge in [-0.3, -0.25) is 10.1 Å². The monoisotopic (exact) mass is 372 g/mol. The number of carbonyl (C=O) groups is 2. The molecule has 0 aliphatic heterocycles. The van der Waals surface area contributed by atoms with Crippen molar-refractivity contribution in [3.63, 3.8) is 0 Å². The van der Waals surface area contributed by atoms with Crippen molar-refractivity contribution in [3.8, 4) is 11.3 Å². The van der Waals surface area contributed by atoms with E-state index in [0.717, 1.165) is 16.8 Å². The van der Waals surface area contributed by atoms with Crippen LogP contribution < -0.4 is 5.32 Å². The van der Waals surface area contributed by atoms with Gasteiger partial charge in [-0.2, -0.15) is 0 Å². The largest absolute Gasteiger partial charge is 0.448 e. The van der Waals surface area contributed by atoms with Crippen molar-refractivity contribution in [2.75, 3.05) is 5.32 Å². The van der Waals surface area contributed by atoms with Gasteiger partial charge in [-0.25, -0.2) is 9.78 Å². The predicted octanol–water partition coefficient (Wildman–Crippen LogP) is 4.36. The SMILES string of the molecule is Cc1ccsc1C(=O)O[C@H](C)C(=O)Nc1nc(-c2ccccc2)cs1. The summed E-state index contributed by atoms with van der Waals surface area (Å²) in [6.45, 7) is 3.38. The number of thiazole rings is 1. The number of ether oxygens (including phenoxy) is 1. The molecule has 1 N–H and O–H groups in total. The molecule has 3 rings (SSSR count). The Labute approximate surface area is 153 Å². The molecule has 128 valence electrons. The van der Waals surface area contributed by atoms with Gasteiger partial charge in [0.15, 0.2) is 11.2 Å². The molecule has 0 saturated heterocycles. The zero-order valence-corrected chi connectivity index (χ0v) is 15.3. The Bertz CT molecular complexity index is 887. The highest BCUT2D eigenvalue weighted by Crippen LogP contribution is 2.25. The number of hydrogen-bond donors (Lipinski definition) is 1. The molecule has 0 aliphatic rings. The third-order valence-electron chi connectivity index (χ3n) is 3.50. The molecule has 1 aromatic carbocycles. The lowest BCUT2D eigenvalue weighted by Gasteiger charge is -2.12. The molecule has 25 heavy (non-hydrogen) atoms. The van der Waals surface area contributed by atoms with E-state index < -0.39 is 18.0 Å². The van der Waals surface area contributed by atoms with Crippen molar-refractivity contribution in [1.82, 2.24) is 4.98 Å². The first kappa shape index (κ1) is 17.3. The number of amides is 1. The average molecular weight is 372 g/mol. The topological polar surface area (TPSA) is 68.3 Å². The summed E-state index contributed by atoms with van der Waals surface area (Å²) in [5.74, 6) is -0.893. The van der Waals surface area contributed by atoms with Crippen molar-refractivity contribution in [3.05, 3.63) is 57.6 Å². The molecule has 7 heteroatoms. The zero-order chi connectivity index (χ0) is 17.8. The second-order valence-corrected chi connectivity index (χ2v) is 7.15. The molecule has 3 aromatic rings. The van der Waals surface area contributed by atoms with E-state index in [2.05, 4.69) is 10.3 Å². The molecule has 0 fully saturated rings. The van der Waals surface area contributed by atoms with Crippen molar-refractivity contribution >= 4 is 39.7 Å². The normalized spacial score (nSPS) is 11.8. The molecule has 5 nitrogen and oxygen atoms in total. The first-order valence-corrected chi connectivity index (χ1v) is 9.37. The first-order chi connectivity index (χ1) is 12.0. The minimum Gasteiger partial charge on any atom is -0.448 e. The minimum absolute atomic E-state index is 0.406. The van der Waals surface area contributed by atoms with Gasteiger partial charge in [0.25, 0.3) is 5.91 Å². The van der Waals surface area contributed by atoms with E-state index in [4.69, 9.17) is 4.74 Å². The molecule has 1 atom stereocenters. The molecular formula is C18H16N2O3S2. The van der Waals surface area contributed by atoms with Crippen LogP contribution >= 0.6 is 22.7 Å². The van der Waals surface area contributed by atoms with Gasteiger partial charge in [-0.15, -0.1) is 22.7 Å². The standard InChI is InChI=1S/C18H16N2O3S2/c1-11-8-9-24-15(11)17(22)23-12(2)16(21)20-18-19-14(10-25-18)13-6-4-3-5-7-13/h3-10,12H,1-2H3,(H,19,20,21)/t12-/m1/s1. The summed E-state index contributed by atoms with van der Waals surface area (Å²) in [5.41, 5.74) is 2.61. The summed E-state index contributed by atoms with van der Waals surface area (Å²) in [5, 5.41) is 6.85. The van der Waals surface area contributed by atoms with Gasteiger partial charge in [0.05, 0.1) is 5.69 Å². The molecule has 0 unspecified atom stereocenters. The predicted molar refractivity (Wildman–Crippen MR) is 100 cm³/mol. The van der Waals surface area contributed by atoms with Crippen molar-refractivity contribution in [2.24, 2.45) is 0 Å². The second-order valence-electron chi connectivity index (χ2n) is 5.37. The Morgan fingerprint density at radius 1 is 1.16 bits per heavy atom. The molecule has 0 aliphatic carbocycles. The van der Waals surface area contributed by atoms with Gasteiger partial charge in [-0.1, -0.05) is 30.3 Å². The molecule has 2 aromatic heterocycles. The molecule has 1 amide bonds. The molecule has 2 heterocycles. The van der Waals surface area contributed by atoms with E-state index >= 15 is 0 Å². The minimum atomic E-state index is -0.905. The number of rotatable bonds is 5. The number of esters is 1. The van der Waals surface area contributed by atoms with Crippen LogP contribution in [0.15, 0.2) is 47.2 Å². The zero-order valence-electron chi connectivity index (χ0n) is 13.7. The molecule has 0 radical (unpaired) electrons. The van der Waals surface area contributed by atoms with Crippen LogP contribution in [-0.2, 0) is 9.53 Å². The summed E-state index contributed by atoms with van der Waals surface area (Å²) in [7, 11) is 0. The van der Waals surface area contributed by atoms with Crippen LogP contribution in [0, 0.1) is 6.92 Å². The number of thiophene rings is 1. The van der Waals surface area contributed by atoms with Gasteiger partial charge in [0.1, 0.15) is 4.88 Å². The summed E-state index contributed by atoms with van der Waals surface area (Å²) in [6, 6.07) is 11.5. The molecule has 0 bridgehead atoms. The fraction of sp³-hybridized carbons (Fsp3) is 0.167. The van der Waals surface area contributed by atoms with E-state index in [0.29, 0.717) is 10.0 Å². The van der Waals surface area contributed by atoms with Crippen LogP contribution in [0.5, 0.6) is 0 Å². The van der Waals surface area contributed by atoms with E-state index in [1.54, 1.807) is 6.92 Å². The number of anilines is 1. The third kappa shape index (κ3) is 4.12. The Balaban J connectivity index is 1.61. The molecule has 0 saturated carbocycles. The Kier molecular flexibility index (Phi) is 5.25. The maximum Gasteiger partial charge on any atom is 0.349 e. The van der Waals surface area contributed by atoms with Crippen molar-refractivity contribution < 1.29 is 14.3 Å². The highest BCUT2D eigenvalue weighted by molar-refractivity contribution is 7.14. The van der Waals surface area contributed by atoms with E-state index in [1.807, 2.05) is 54.1 Å². The van der Waals surface area contributed by atoms with Crippen LogP contribution in [0.1, 0.15) is 22.2 Å². The van der Waals surface area contributed by atoms with Crippen molar-refractivity contribution in [2.45, 2.75) is 20.0 Å². The number of benzene rings is 1. The maximum absolute atomic E-state index is 12.2. The highest BCUT2D eigenvalue weighted by Gasteiger charge is 2.21. The molecular weight excluding hydrogens is 356 g/mol. The number of carbonyl (C=O) groups excluding carboxylic acids is 2. The quantitative estimate of drug-likeness (QED) is 0.676. The Morgan fingerprint density at radius 2 is 1.92 bits per heavy atom. The fourth-order valence-electron chi connectivity index (χ4n) is 2.13. The maximum atomic E-state index is 12.2. The average Bonchev–Trinajstić information content (AvgIpc) is 3.24. The van der Waals surface area contributed by atoms with Gasteiger partial charge < -0.3 is 4.74 Å². The lowest BCUT2D eigenvalue weighted by atomic mass is 10.2.